The van der Waals surface area contributed by atoms with Gasteiger partial charge in [0.2, 0.25) is 5.91 Å². The molecule has 0 aromatic heterocycles. The summed E-state index contributed by atoms with van der Waals surface area (Å²) in [5, 5.41) is 12.2. The monoisotopic (exact) mass is 348 g/mol. The Balaban J connectivity index is 1.87. The second kappa shape index (κ2) is 7.90. The molecule has 1 aromatic carbocycles. The molecule has 1 amide bonds. The number of amides is 1. The molecule has 1 fully saturated rings. The van der Waals surface area contributed by atoms with Crippen LogP contribution in [0.25, 0.3) is 0 Å². The second-order valence-electron chi connectivity index (χ2n) is 5.60. The number of hydrogen-bond donors (Lipinski definition) is 2. The minimum atomic E-state index is -2.95. The molecule has 0 aliphatic carbocycles. The van der Waals surface area contributed by atoms with Crippen molar-refractivity contribution in [2.45, 2.75) is 26.1 Å². The fourth-order valence-electron chi connectivity index (χ4n) is 2.57. The number of aliphatic hydroxyl groups excluding tert-OH is 1. The number of ether oxygens (including phenoxy) is 1. The fourth-order valence-corrected chi connectivity index (χ4v) is 2.80. The number of nitrogens with zero attached hydrogens (tertiary/aromatic N) is 1. The molecule has 2 rings (SSSR count). The highest BCUT2D eigenvalue weighted by Crippen LogP contribution is 2.29. The van der Waals surface area contributed by atoms with Gasteiger partial charge >= 0.3 is 6.61 Å². The molecule has 2 unspecified atom stereocenters. The zero-order chi connectivity index (χ0) is 17.0. The quantitative estimate of drug-likeness (QED) is 0.829. The van der Waals surface area contributed by atoms with Crippen LogP contribution in [-0.2, 0) is 4.79 Å². The van der Waals surface area contributed by atoms with Crippen molar-refractivity contribution in [2.75, 3.05) is 25.0 Å². The van der Waals surface area contributed by atoms with Crippen LogP contribution in [0.5, 0.6) is 5.75 Å². The van der Waals surface area contributed by atoms with E-state index in [0.717, 1.165) is 13.0 Å². The third kappa shape index (κ3) is 5.30. The van der Waals surface area contributed by atoms with E-state index in [1.165, 1.54) is 18.2 Å². The summed E-state index contributed by atoms with van der Waals surface area (Å²) in [5.74, 6) is -0.183. The van der Waals surface area contributed by atoms with Crippen LogP contribution < -0.4 is 10.1 Å². The van der Waals surface area contributed by atoms with Crippen molar-refractivity contribution in [3.05, 3.63) is 23.2 Å². The van der Waals surface area contributed by atoms with Crippen molar-refractivity contribution in [2.24, 2.45) is 5.92 Å². The number of rotatable bonds is 6. The summed E-state index contributed by atoms with van der Waals surface area (Å²) < 4.78 is 28.5. The van der Waals surface area contributed by atoms with E-state index < -0.39 is 6.61 Å². The van der Waals surface area contributed by atoms with Gasteiger partial charge in [0, 0.05) is 12.2 Å². The van der Waals surface area contributed by atoms with Crippen LogP contribution in [0.1, 0.15) is 13.3 Å². The lowest BCUT2D eigenvalue weighted by Gasteiger charge is -2.17. The van der Waals surface area contributed by atoms with E-state index in [4.69, 9.17) is 11.6 Å². The van der Waals surface area contributed by atoms with E-state index in [-0.39, 0.29) is 35.2 Å². The van der Waals surface area contributed by atoms with Crippen molar-refractivity contribution < 1.29 is 23.4 Å². The average molecular weight is 349 g/mol. The highest BCUT2D eigenvalue weighted by Gasteiger charge is 2.27. The molecular formula is C15H19ClF2N2O3. The number of alkyl halides is 2. The van der Waals surface area contributed by atoms with Crippen LogP contribution in [0.2, 0.25) is 5.02 Å². The molecule has 0 saturated carbocycles. The molecule has 2 atom stereocenters. The predicted molar refractivity (Wildman–Crippen MR) is 82.9 cm³/mol. The Kier molecular flexibility index (Phi) is 6.15. The molecule has 0 radical (unpaired) electrons. The van der Waals surface area contributed by atoms with Gasteiger partial charge in [-0.15, -0.1) is 0 Å². The third-order valence-corrected chi connectivity index (χ3v) is 4.09. The van der Waals surface area contributed by atoms with Crippen molar-refractivity contribution in [1.82, 2.24) is 4.90 Å². The lowest BCUT2D eigenvalue weighted by atomic mass is 10.0. The SMILES string of the molecule is CC(O)C1CCN(CC(=O)Nc2ccc(OC(F)F)c(Cl)c2)C1. The number of aliphatic hydroxyl groups is 1. The molecule has 1 aromatic rings. The van der Waals surface area contributed by atoms with Crippen LogP contribution >= 0.6 is 11.6 Å². The molecule has 23 heavy (non-hydrogen) atoms. The molecule has 1 saturated heterocycles. The number of benzene rings is 1. The van der Waals surface area contributed by atoms with E-state index in [2.05, 4.69) is 10.1 Å². The van der Waals surface area contributed by atoms with Gasteiger partial charge in [0.1, 0.15) is 5.75 Å². The maximum Gasteiger partial charge on any atom is 0.387 e. The molecular weight excluding hydrogens is 330 g/mol. The maximum atomic E-state index is 12.2. The van der Waals surface area contributed by atoms with Gasteiger partial charge in [-0.2, -0.15) is 8.78 Å². The summed E-state index contributed by atoms with van der Waals surface area (Å²) in [6, 6.07) is 4.09. The summed E-state index contributed by atoms with van der Waals surface area (Å²) in [6.45, 7) is 0.429. The number of carbonyl (C=O) groups is 1. The van der Waals surface area contributed by atoms with Gasteiger partial charge in [0.15, 0.2) is 0 Å². The Morgan fingerprint density at radius 1 is 1.57 bits per heavy atom. The van der Waals surface area contributed by atoms with Crippen molar-refractivity contribution in [3.63, 3.8) is 0 Å². The minimum absolute atomic E-state index is 0.00144. The molecule has 5 nitrogen and oxygen atoms in total. The summed E-state index contributed by atoms with van der Waals surface area (Å²) in [6.07, 6.45) is 0.473. The van der Waals surface area contributed by atoms with E-state index >= 15 is 0 Å². The third-order valence-electron chi connectivity index (χ3n) is 3.79. The molecule has 2 N–H and O–H groups in total. The smallest absolute Gasteiger partial charge is 0.387 e. The Bertz CT molecular complexity index is 558. The lowest BCUT2D eigenvalue weighted by Crippen LogP contribution is -2.32. The first kappa shape index (κ1) is 17.9. The van der Waals surface area contributed by atoms with Gasteiger partial charge in [0.05, 0.1) is 17.7 Å². The van der Waals surface area contributed by atoms with E-state index in [1.54, 1.807) is 6.92 Å². The van der Waals surface area contributed by atoms with Gasteiger partial charge in [-0.25, -0.2) is 0 Å². The highest BCUT2D eigenvalue weighted by atomic mass is 35.5. The minimum Gasteiger partial charge on any atom is -0.433 e. The van der Waals surface area contributed by atoms with Gasteiger partial charge < -0.3 is 15.2 Å². The second-order valence-corrected chi connectivity index (χ2v) is 6.00. The Morgan fingerprint density at radius 2 is 2.30 bits per heavy atom. The van der Waals surface area contributed by atoms with Crippen molar-refractivity contribution >= 4 is 23.2 Å². The molecule has 1 aliphatic heterocycles. The number of hydrogen-bond acceptors (Lipinski definition) is 4. The zero-order valence-corrected chi connectivity index (χ0v) is 13.4. The van der Waals surface area contributed by atoms with E-state index in [0.29, 0.717) is 12.2 Å². The molecule has 0 spiro atoms. The van der Waals surface area contributed by atoms with Gasteiger partial charge in [-0.3, -0.25) is 9.69 Å². The average Bonchev–Trinajstić information content (AvgIpc) is 2.90. The van der Waals surface area contributed by atoms with Crippen LogP contribution in [0, 0.1) is 5.92 Å². The van der Waals surface area contributed by atoms with Crippen LogP contribution in [0.3, 0.4) is 0 Å². The standard InChI is InChI=1S/C15H19ClF2N2O3/c1-9(21)10-4-5-20(7-10)8-14(22)19-11-2-3-13(12(16)6-11)23-15(17)18/h2-3,6,9-10,15,21H,4-5,7-8H2,1H3,(H,19,22). The topological polar surface area (TPSA) is 61.8 Å². The van der Waals surface area contributed by atoms with Crippen molar-refractivity contribution in [3.8, 4) is 5.75 Å². The molecule has 1 aliphatic rings. The number of carbonyl (C=O) groups excluding carboxylic acids is 1. The summed E-state index contributed by atoms with van der Waals surface area (Å²) >= 11 is 5.83. The summed E-state index contributed by atoms with van der Waals surface area (Å²) in [5.41, 5.74) is 0.410. The largest absolute Gasteiger partial charge is 0.433 e. The number of likely N-dealkylation sites (tertiary alicyclic amines) is 1. The Hall–Kier alpha value is -1.44. The lowest BCUT2D eigenvalue weighted by molar-refractivity contribution is -0.117. The first-order valence-corrected chi connectivity index (χ1v) is 7.67. The maximum absolute atomic E-state index is 12.2. The normalized spacial score (nSPS) is 19.8. The van der Waals surface area contributed by atoms with Crippen LogP contribution in [0.15, 0.2) is 18.2 Å². The van der Waals surface area contributed by atoms with Crippen LogP contribution in [0.4, 0.5) is 14.5 Å². The number of halogens is 3. The predicted octanol–water partition coefficient (Wildman–Crippen LogP) is 2.58. The van der Waals surface area contributed by atoms with Gasteiger partial charge in [-0.05, 0) is 44.0 Å². The first-order valence-electron chi connectivity index (χ1n) is 7.30. The zero-order valence-electron chi connectivity index (χ0n) is 12.6. The fraction of sp³-hybridized carbons (Fsp3) is 0.533. The molecule has 0 bridgehead atoms. The van der Waals surface area contributed by atoms with E-state index in [9.17, 15) is 18.7 Å². The summed E-state index contributed by atoms with van der Waals surface area (Å²) in [4.78, 5) is 14.0. The first-order chi connectivity index (χ1) is 10.8. The van der Waals surface area contributed by atoms with Crippen LogP contribution in [-0.4, -0.2) is 48.3 Å². The van der Waals surface area contributed by atoms with Gasteiger partial charge in [-0.1, -0.05) is 11.6 Å². The van der Waals surface area contributed by atoms with Crippen molar-refractivity contribution in [1.29, 1.82) is 0 Å². The van der Waals surface area contributed by atoms with E-state index in [1.807, 2.05) is 4.90 Å². The number of nitrogens with one attached hydrogen (secondary N) is 1. The molecule has 1 heterocycles. The molecule has 128 valence electrons. The number of anilines is 1. The summed E-state index contributed by atoms with van der Waals surface area (Å²) in [7, 11) is 0. The van der Waals surface area contributed by atoms with Gasteiger partial charge in [0.25, 0.3) is 0 Å². The molecule has 8 heteroatoms. The Labute approximate surface area is 138 Å². The highest BCUT2D eigenvalue weighted by molar-refractivity contribution is 6.32. The Morgan fingerprint density at radius 3 is 2.87 bits per heavy atom.